The van der Waals surface area contributed by atoms with Crippen LogP contribution in [0.15, 0.2) is 18.3 Å². The summed E-state index contributed by atoms with van der Waals surface area (Å²) in [5.74, 6) is 0.436. The molecule has 1 amide bonds. The molecule has 1 aromatic rings. The van der Waals surface area contributed by atoms with Crippen molar-refractivity contribution in [1.82, 2.24) is 9.88 Å². The normalized spacial score (nSPS) is 15.9. The van der Waals surface area contributed by atoms with E-state index in [1.165, 1.54) is 4.90 Å². The number of carbonyl (C=O) groups is 1. The van der Waals surface area contributed by atoms with Gasteiger partial charge >= 0.3 is 6.09 Å². The fourth-order valence-electron chi connectivity index (χ4n) is 1.49. The lowest BCUT2D eigenvalue weighted by molar-refractivity contribution is 0.111. The molecular weight excluding hydrogens is 196 g/mol. The van der Waals surface area contributed by atoms with Crippen LogP contribution in [0.3, 0.4) is 0 Å². The average Bonchev–Trinajstić information content (AvgIpc) is 2.12. The van der Waals surface area contributed by atoms with Gasteiger partial charge in [0.15, 0.2) is 0 Å². The van der Waals surface area contributed by atoms with Gasteiger partial charge < -0.3 is 21.1 Å². The average molecular weight is 208 g/mol. The third-order valence-corrected chi connectivity index (χ3v) is 2.35. The number of anilines is 2. The fraction of sp³-hybridized carbons (Fsp3) is 0.333. The molecule has 6 heteroatoms. The number of amides is 1. The Bertz CT molecular complexity index is 376. The minimum absolute atomic E-state index is 0.132. The predicted molar refractivity (Wildman–Crippen MR) is 55.7 cm³/mol. The van der Waals surface area contributed by atoms with Crippen LogP contribution in [0, 0.1) is 0 Å². The van der Waals surface area contributed by atoms with Crippen LogP contribution in [0.2, 0.25) is 0 Å². The van der Waals surface area contributed by atoms with Gasteiger partial charge in [0.2, 0.25) is 0 Å². The van der Waals surface area contributed by atoms with Gasteiger partial charge in [-0.1, -0.05) is 0 Å². The molecule has 1 aromatic heterocycles. The van der Waals surface area contributed by atoms with Gasteiger partial charge in [0.25, 0.3) is 0 Å². The van der Waals surface area contributed by atoms with E-state index in [0.717, 1.165) is 5.69 Å². The maximum Gasteiger partial charge on any atom is 0.407 e. The summed E-state index contributed by atoms with van der Waals surface area (Å²) in [4.78, 5) is 15.8. The molecule has 2 heterocycles. The highest BCUT2D eigenvalue weighted by Crippen LogP contribution is 2.18. The second-order valence-corrected chi connectivity index (χ2v) is 3.47. The third-order valence-electron chi connectivity index (χ3n) is 2.35. The van der Waals surface area contributed by atoms with Crippen LogP contribution in [-0.4, -0.2) is 40.2 Å². The highest BCUT2D eigenvalue weighted by atomic mass is 16.4. The van der Waals surface area contributed by atoms with Gasteiger partial charge in [-0.3, -0.25) is 0 Å². The number of hydrogen-bond donors (Lipinski definition) is 3. The third kappa shape index (κ3) is 1.93. The number of nitrogens with one attached hydrogen (secondary N) is 1. The first-order chi connectivity index (χ1) is 7.16. The zero-order chi connectivity index (χ0) is 10.8. The lowest BCUT2D eigenvalue weighted by Crippen LogP contribution is -2.56. The number of aromatic nitrogens is 1. The molecule has 0 spiro atoms. The van der Waals surface area contributed by atoms with Gasteiger partial charge in [0.05, 0.1) is 11.7 Å². The second kappa shape index (κ2) is 3.64. The minimum atomic E-state index is -0.882. The summed E-state index contributed by atoms with van der Waals surface area (Å²) in [6.07, 6.45) is 0.734. The number of hydrogen-bond acceptors (Lipinski definition) is 4. The van der Waals surface area contributed by atoms with Gasteiger partial charge in [0, 0.05) is 19.3 Å². The molecule has 6 nitrogen and oxygen atoms in total. The summed E-state index contributed by atoms with van der Waals surface area (Å²) in [5.41, 5.74) is 6.40. The van der Waals surface area contributed by atoms with E-state index >= 15 is 0 Å². The molecule has 0 aliphatic carbocycles. The molecule has 80 valence electrons. The molecule has 0 unspecified atom stereocenters. The van der Waals surface area contributed by atoms with Gasteiger partial charge in [0.1, 0.15) is 5.82 Å². The zero-order valence-electron chi connectivity index (χ0n) is 8.05. The Morgan fingerprint density at radius 3 is 3.00 bits per heavy atom. The van der Waals surface area contributed by atoms with E-state index in [9.17, 15) is 4.79 Å². The lowest BCUT2D eigenvalue weighted by atomic mass is 10.1. The quantitative estimate of drug-likeness (QED) is 0.655. The number of nitrogen functional groups attached to an aromatic ring is 1. The molecular formula is C9H12N4O2. The molecule has 1 fully saturated rings. The maximum atomic E-state index is 10.5. The van der Waals surface area contributed by atoms with Crippen molar-refractivity contribution in [3.05, 3.63) is 18.3 Å². The van der Waals surface area contributed by atoms with Crippen LogP contribution < -0.4 is 11.1 Å². The zero-order valence-corrected chi connectivity index (χ0v) is 8.05. The molecule has 15 heavy (non-hydrogen) atoms. The van der Waals surface area contributed by atoms with Crippen LogP contribution in [0.25, 0.3) is 0 Å². The Labute approximate surface area is 86.7 Å². The summed E-state index contributed by atoms with van der Waals surface area (Å²) in [7, 11) is 0. The lowest BCUT2D eigenvalue weighted by Gasteiger charge is -2.38. The summed E-state index contributed by atoms with van der Waals surface area (Å²) >= 11 is 0. The Hall–Kier alpha value is -1.98. The molecule has 0 atom stereocenters. The highest BCUT2D eigenvalue weighted by Gasteiger charge is 2.30. The van der Waals surface area contributed by atoms with E-state index in [4.69, 9.17) is 10.8 Å². The summed E-state index contributed by atoms with van der Waals surface area (Å²) in [5, 5.41) is 11.8. The highest BCUT2D eigenvalue weighted by molar-refractivity contribution is 5.67. The van der Waals surface area contributed by atoms with Crippen molar-refractivity contribution in [3.63, 3.8) is 0 Å². The number of likely N-dealkylation sites (tertiary alicyclic amines) is 1. The Morgan fingerprint density at radius 2 is 2.40 bits per heavy atom. The number of nitrogens with two attached hydrogens (primary N) is 1. The number of carboxylic acid groups (broad SMARTS) is 1. The molecule has 1 aliphatic rings. The van der Waals surface area contributed by atoms with Gasteiger partial charge in [-0.2, -0.15) is 0 Å². The molecule has 4 N–H and O–H groups in total. The van der Waals surface area contributed by atoms with Crippen molar-refractivity contribution in [2.75, 3.05) is 24.1 Å². The first kappa shape index (κ1) is 9.57. The molecule has 1 aliphatic heterocycles. The molecule has 0 bridgehead atoms. The van der Waals surface area contributed by atoms with Crippen molar-refractivity contribution in [1.29, 1.82) is 0 Å². The molecule has 2 rings (SSSR count). The molecule has 0 radical (unpaired) electrons. The van der Waals surface area contributed by atoms with Crippen LogP contribution in [0.5, 0.6) is 0 Å². The van der Waals surface area contributed by atoms with E-state index < -0.39 is 6.09 Å². The van der Waals surface area contributed by atoms with E-state index in [2.05, 4.69) is 10.3 Å². The van der Waals surface area contributed by atoms with Crippen molar-refractivity contribution in [2.24, 2.45) is 0 Å². The van der Waals surface area contributed by atoms with E-state index in [1.54, 1.807) is 12.3 Å². The van der Waals surface area contributed by atoms with Crippen molar-refractivity contribution >= 4 is 17.6 Å². The summed E-state index contributed by atoms with van der Waals surface area (Å²) in [6.45, 7) is 0.979. The van der Waals surface area contributed by atoms with E-state index in [1.807, 2.05) is 6.07 Å². The number of pyridine rings is 1. The van der Waals surface area contributed by atoms with Gasteiger partial charge in [-0.25, -0.2) is 9.78 Å². The van der Waals surface area contributed by atoms with Crippen LogP contribution in [0.1, 0.15) is 0 Å². The van der Waals surface area contributed by atoms with Crippen molar-refractivity contribution < 1.29 is 9.90 Å². The van der Waals surface area contributed by atoms with Gasteiger partial charge in [-0.15, -0.1) is 0 Å². The van der Waals surface area contributed by atoms with E-state index in [-0.39, 0.29) is 6.04 Å². The first-order valence-electron chi connectivity index (χ1n) is 4.61. The first-order valence-corrected chi connectivity index (χ1v) is 4.61. The molecule has 0 saturated carbocycles. The SMILES string of the molecule is Nc1ncccc1NC1CN(C(=O)O)C1. The Morgan fingerprint density at radius 1 is 1.67 bits per heavy atom. The smallest absolute Gasteiger partial charge is 0.407 e. The fourth-order valence-corrected chi connectivity index (χ4v) is 1.49. The Balaban J connectivity index is 1.90. The Kier molecular flexibility index (Phi) is 2.32. The standard InChI is InChI=1S/C9H12N4O2/c10-8-7(2-1-3-11-8)12-6-4-13(5-6)9(14)15/h1-3,6,12H,4-5H2,(H2,10,11)(H,14,15). The van der Waals surface area contributed by atoms with E-state index in [0.29, 0.717) is 18.9 Å². The van der Waals surface area contributed by atoms with Crippen molar-refractivity contribution in [3.8, 4) is 0 Å². The van der Waals surface area contributed by atoms with Crippen LogP contribution >= 0.6 is 0 Å². The van der Waals surface area contributed by atoms with Crippen LogP contribution in [0.4, 0.5) is 16.3 Å². The number of nitrogens with zero attached hydrogens (tertiary/aromatic N) is 2. The van der Waals surface area contributed by atoms with Crippen molar-refractivity contribution in [2.45, 2.75) is 6.04 Å². The number of rotatable bonds is 2. The van der Waals surface area contributed by atoms with Gasteiger partial charge in [-0.05, 0) is 12.1 Å². The maximum absolute atomic E-state index is 10.5. The molecule has 1 saturated heterocycles. The predicted octanol–water partition coefficient (Wildman–Crippen LogP) is 0.438. The summed E-state index contributed by atoms with van der Waals surface area (Å²) in [6, 6.07) is 3.74. The van der Waals surface area contributed by atoms with Crippen LogP contribution in [-0.2, 0) is 0 Å². The largest absolute Gasteiger partial charge is 0.465 e. The summed E-state index contributed by atoms with van der Waals surface area (Å²) < 4.78 is 0. The topological polar surface area (TPSA) is 91.5 Å². The second-order valence-electron chi connectivity index (χ2n) is 3.47. The monoisotopic (exact) mass is 208 g/mol. The molecule has 0 aromatic carbocycles. The minimum Gasteiger partial charge on any atom is -0.465 e.